The van der Waals surface area contributed by atoms with Crippen LogP contribution in [0.1, 0.15) is 58.3 Å². The van der Waals surface area contributed by atoms with Gasteiger partial charge in [0.25, 0.3) is 0 Å². The Hall–Kier alpha value is -0.590. The van der Waals surface area contributed by atoms with E-state index in [1.807, 2.05) is 0 Å². The molecule has 3 saturated carbocycles. The average molecular weight is 275 g/mol. The van der Waals surface area contributed by atoms with Crippen LogP contribution in [0.3, 0.4) is 0 Å². The Labute approximate surface area is 123 Å². The first kappa shape index (κ1) is 14.4. The Morgan fingerprint density at radius 1 is 1.10 bits per heavy atom. The van der Waals surface area contributed by atoms with Crippen LogP contribution in [0.5, 0.6) is 0 Å². The highest BCUT2D eigenvalue weighted by atomic mass is 15.1. The van der Waals surface area contributed by atoms with Crippen molar-refractivity contribution in [2.24, 2.45) is 11.8 Å². The summed E-state index contributed by atoms with van der Waals surface area (Å²) < 4.78 is 0. The number of nitrogens with zero attached hydrogens (tertiary/aromatic N) is 2. The average Bonchev–Trinajstić information content (AvgIpc) is 3.21. The SMILES string of the molecule is CC(C#N)(CCCN(CC1CC1)CC1CC1)NC1CC1. The summed E-state index contributed by atoms with van der Waals surface area (Å²) in [6, 6.07) is 3.12. The van der Waals surface area contributed by atoms with Gasteiger partial charge in [0, 0.05) is 19.1 Å². The van der Waals surface area contributed by atoms with Gasteiger partial charge in [-0.05, 0) is 76.7 Å². The van der Waals surface area contributed by atoms with Crippen molar-refractivity contribution >= 4 is 0 Å². The summed E-state index contributed by atoms with van der Waals surface area (Å²) in [7, 11) is 0. The van der Waals surface area contributed by atoms with Crippen LogP contribution >= 0.6 is 0 Å². The third-order valence-corrected chi connectivity index (χ3v) is 4.92. The maximum Gasteiger partial charge on any atom is 0.104 e. The first-order chi connectivity index (χ1) is 9.67. The lowest BCUT2D eigenvalue weighted by atomic mass is 9.97. The number of hydrogen-bond acceptors (Lipinski definition) is 3. The molecule has 0 aromatic heterocycles. The van der Waals surface area contributed by atoms with E-state index in [1.165, 1.54) is 58.2 Å². The van der Waals surface area contributed by atoms with Gasteiger partial charge in [0.15, 0.2) is 0 Å². The molecule has 3 heteroatoms. The van der Waals surface area contributed by atoms with Crippen molar-refractivity contribution < 1.29 is 0 Å². The number of rotatable bonds is 10. The Morgan fingerprint density at radius 3 is 2.15 bits per heavy atom. The molecule has 3 nitrogen and oxygen atoms in total. The maximum atomic E-state index is 9.41. The Morgan fingerprint density at radius 2 is 1.70 bits per heavy atom. The van der Waals surface area contributed by atoms with E-state index in [0.717, 1.165) is 24.7 Å². The quantitative estimate of drug-likeness (QED) is 0.666. The normalized spacial score (nSPS) is 25.4. The Bertz CT molecular complexity index is 349. The summed E-state index contributed by atoms with van der Waals surface area (Å²) in [6.45, 7) is 5.90. The highest BCUT2D eigenvalue weighted by molar-refractivity contribution is 5.07. The zero-order valence-electron chi connectivity index (χ0n) is 12.9. The summed E-state index contributed by atoms with van der Waals surface area (Å²) >= 11 is 0. The van der Waals surface area contributed by atoms with Gasteiger partial charge in [0.2, 0.25) is 0 Å². The van der Waals surface area contributed by atoms with E-state index < -0.39 is 0 Å². The molecule has 0 spiro atoms. The van der Waals surface area contributed by atoms with Gasteiger partial charge in [-0.3, -0.25) is 5.32 Å². The largest absolute Gasteiger partial charge is 0.303 e. The van der Waals surface area contributed by atoms with Crippen molar-refractivity contribution in [2.75, 3.05) is 19.6 Å². The molecule has 1 atom stereocenters. The van der Waals surface area contributed by atoms with Gasteiger partial charge in [-0.15, -0.1) is 0 Å². The topological polar surface area (TPSA) is 39.1 Å². The fourth-order valence-electron chi connectivity index (χ4n) is 3.08. The molecule has 1 unspecified atom stereocenters. The van der Waals surface area contributed by atoms with Gasteiger partial charge in [-0.1, -0.05) is 0 Å². The molecule has 112 valence electrons. The van der Waals surface area contributed by atoms with E-state index in [9.17, 15) is 5.26 Å². The van der Waals surface area contributed by atoms with E-state index in [1.54, 1.807) is 0 Å². The number of nitriles is 1. The second-order valence-electron chi connectivity index (χ2n) is 7.61. The van der Waals surface area contributed by atoms with Crippen LogP contribution in [0.15, 0.2) is 0 Å². The van der Waals surface area contributed by atoms with Crippen LogP contribution in [0.25, 0.3) is 0 Å². The van der Waals surface area contributed by atoms with Gasteiger partial charge in [0.1, 0.15) is 5.54 Å². The summed E-state index contributed by atoms with van der Waals surface area (Å²) in [5.41, 5.74) is -0.300. The van der Waals surface area contributed by atoms with Gasteiger partial charge in [-0.2, -0.15) is 5.26 Å². The second kappa shape index (κ2) is 6.03. The van der Waals surface area contributed by atoms with Crippen molar-refractivity contribution in [3.63, 3.8) is 0 Å². The van der Waals surface area contributed by atoms with E-state index in [4.69, 9.17) is 0 Å². The van der Waals surface area contributed by atoms with Gasteiger partial charge in [0.05, 0.1) is 6.07 Å². The van der Waals surface area contributed by atoms with Gasteiger partial charge >= 0.3 is 0 Å². The monoisotopic (exact) mass is 275 g/mol. The molecule has 0 bridgehead atoms. The van der Waals surface area contributed by atoms with Crippen molar-refractivity contribution in [3.05, 3.63) is 0 Å². The van der Waals surface area contributed by atoms with Crippen molar-refractivity contribution in [1.29, 1.82) is 5.26 Å². The van der Waals surface area contributed by atoms with Crippen molar-refractivity contribution in [1.82, 2.24) is 10.2 Å². The summed E-state index contributed by atoms with van der Waals surface area (Å²) in [6.07, 6.45) is 10.4. The first-order valence-electron chi connectivity index (χ1n) is 8.58. The second-order valence-corrected chi connectivity index (χ2v) is 7.61. The fraction of sp³-hybridized carbons (Fsp3) is 0.941. The van der Waals surface area contributed by atoms with E-state index in [0.29, 0.717) is 6.04 Å². The number of nitrogens with one attached hydrogen (secondary N) is 1. The molecule has 3 aliphatic rings. The smallest absolute Gasteiger partial charge is 0.104 e. The molecule has 0 aromatic rings. The predicted molar refractivity (Wildman–Crippen MR) is 81.3 cm³/mol. The third kappa shape index (κ3) is 4.75. The molecule has 0 aromatic carbocycles. The highest BCUT2D eigenvalue weighted by Crippen LogP contribution is 2.34. The van der Waals surface area contributed by atoms with Crippen LogP contribution < -0.4 is 5.32 Å². The number of hydrogen-bond donors (Lipinski definition) is 1. The zero-order valence-corrected chi connectivity index (χ0v) is 12.9. The van der Waals surface area contributed by atoms with Crippen LogP contribution in [-0.4, -0.2) is 36.1 Å². The highest BCUT2D eigenvalue weighted by Gasteiger charge is 2.33. The van der Waals surface area contributed by atoms with E-state index in [-0.39, 0.29) is 5.54 Å². The van der Waals surface area contributed by atoms with Crippen LogP contribution in [0.2, 0.25) is 0 Å². The first-order valence-corrected chi connectivity index (χ1v) is 8.58. The van der Waals surface area contributed by atoms with Crippen LogP contribution in [0, 0.1) is 23.2 Å². The molecular formula is C17H29N3. The Balaban J connectivity index is 1.39. The molecule has 3 fully saturated rings. The summed E-state index contributed by atoms with van der Waals surface area (Å²) in [4.78, 5) is 2.68. The molecule has 20 heavy (non-hydrogen) atoms. The minimum absolute atomic E-state index is 0.300. The van der Waals surface area contributed by atoms with Crippen LogP contribution in [-0.2, 0) is 0 Å². The molecule has 0 amide bonds. The minimum atomic E-state index is -0.300. The van der Waals surface area contributed by atoms with Crippen molar-refractivity contribution in [3.8, 4) is 6.07 Å². The fourth-order valence-corrected chi connectivity index (χ4v) is 3.08. The van der Waals surface area contributed by atoms with Gasteiger partial charge < -0.3 is 4.90 Å². The van der Waals surface area contributed by atoms with Crippen LogP contribution in [0.4, 0.5) is 0 Å². The lowest BCUT2D eigenvalue weighted by molar-refractivity contribution is 0.238. The predicted octanol–water partition coefficient (Wildman–Crippen LogP) is 2.92. The third-order valence-electron chi connectivity index (χ3n) is 4.92. The molecule has 0 saturated heterocycles. The lowest BCUT2D eigenvalue weighted by Crippen LogP contribution is -2.43. The lowest BCUT2D eigenvalue weighted by Gasteiger charge is -2.26. The van der Waals surface area contributed by atoms with E-state index >= 15 is 0 Å². The minimum Gasteiger partial charge on any atom is -0.303 e. The molecule has 0 radical (unpaired) electrons. The zero-order chi connectivity index (χ0) is 14.0. The molecule has 1 N–H and O–H groups in total. The standard InChI is InChI=1S/C17H29N3/c1-17(13-18,19-16-7-8-16)9-2-10-20(11-14-3-4-14)12-15-5-6-15/h14-16,19H,2-12H2,1H3. The summed E-state index contributed by atoms with van der Waals surface area (Å²) in [5.74, 6) is 1.97. The molecule has 0 heterocycles. The van der Waals surface area contributed by atoms with Crippen molar-refractivity contribution in [2.45, 2.75) is 69.9 Å². The molecule has 0 aliphatic heterocycles. The Kier molecular flexibility index (Phi) is 4.33. The maximum absolute atomic E-state index is 9.41. The van der Waals surface area contributed by atoms with E-state index in [2.05, 4.69) is 23.2 Å². The summed E-state index contributed by atoms with van der Waals surface area (Å²) in [5, 5.41) is 12.9. The molecular weight excluding hydrogens is 246 g/mol. The van der Waals surface area contributed by atoms with Gasteiger partial charge in [-0.25, -0.2) is 0 Å². The molecule has 3 aliphatic carbocycles. The molecule has 3 rings (SSSR count).